The van der Waals surface area contributed by atoms with Crippen molar-refractivity contribution in [1.29, 1.82) is 0 Å². The van der Waals surface area contributed by atoms with Gasteiger partial charge in [0.2, 0.25) is 5.82 Å². The molecule has 0 spiro atoms. The van der Waals surface area contributed by atoms with Crippen molar-refractivity contribution in [3.63, 3.8) is 0 Å². The van der Waals surface area contributed by atoms with Crippen molar-refractivity contribution in [1.82, 2.24) is 25.4 Å². The van der Waals surface area contributed by atoms with Crippen molar-refractivity contribution in [3.8, 4) is 0 Å². The van der Waals surface area contributed by atoms with Gasteiger partial charge < -0.3 is 10.2 Å². The van der Waals surface area contributed by atoms with Crippen LogP contribution in [0.15, 0.2) is 0 Å². The smallest absolute Gasteiger partial charge is 0.290 e. The third-order valence-corrected chi connectivity index (χ3v) is 3.97. The number of aryl methyl sites for hydroxylation is 1. The van der Waals surface area contributed by atoms with Crippen LogP contribution in [0.25, 0.3) is 0 Å². The highest BCUT2D eigenvalue weighted by molar-refractivity contribution is 5.90. The summed E-state index contributed by atoms with van der Waals surface area (Å²) >= 11 is 0. The minimum Gasteiger partial charge on any atom is -0.349 e. The lowest BCUT2D eigenvalue weighted by molar-refractivity contribution is 0.0940. The van der Waals surface area contributed by atoms with Gasteiger partial charge in [-0.2, -0.15) is 0 Å². The monoisotopic (exact) mass is 279 g/mol. The average Bonchev–Trinajstić information content (AvgIpc) is 2.91. The molecule has 1 fully saturated rings. The van der Waals surface area contributed by atoms with Gasteiger partial charge >= 0.3 is 0 Å². The summed E-state index contributed by atoms with van der Waals surface area (Å²) in [7, 11) is 2.19. The van der Waals surface area contributed by atoms with Crippen LogP contribution in [0.3, 0.4) is 0 Å². The molecule has 20 heavy (non-hydrogen) atoms. The van der Waals surface area contributed by atoms with Gasteiger partial charge in [-0.05, 0) is 39.8 Å². The van der Waals surface area contributed by atoms with Crippen LogP contribution in [0.1, 0.15) is 55.0 Å². The number of hydrogen-bond acceptors (Lipinski definition) is 4. The Morgan fingerprint density at radius 3 is 2.80 bits per heavy atom. The fourth-order valence-electron chi connectivity index (χ4n) is 2.76. The first-order valence-corrected chi connectivity index (χ1v) is 7.54. The van der Waals surface area contributed by atoms with E-state index in [1.54, 1.807) is 6.92 Å². The first kappa shape index (κ1) is 15.0. The summed E-state index contributed by atoms with van der Waals surface area (Å²) < 4.78 is 0. The Hall–Kier alpha value is -1.43. The Labute approximate surface area is 120 Å². The van der Waals surface area contributed by atoms with Crippen LogP contribution in [0.5, 0.6) is 0 Å². The first-order valence-electron chi connectivity index (χ1n) is 7.54. The van der Waals surface area contributed by atoms with Gasteiger partial charge in [0.25, 0.3) is 5.91 Å². The standard InChI is InChI=1S/C14H25N5O/c1-11-16-13(18-17-11)14(20)15-9-6-10-19(2)12-7-4-3-5-8-12/h12H,3-10H2,1-2H3,(H,15,20)(H,16,17,18). The van der Waals surface area contributed by atoms with Crippen LogP contribution in [0, 0.1) is 6.92 Å². The summed E-state index contributed by atoms with van der Waals surface area (Å²) in [5, 5.41) is 9.38. The number of amides is 1. The minimum absolute atomic E-state index is 0.199. The Bertz CT molecular complexity index is 425. The minimum atomic E-state index is -0.199. The molecule has 1 aromatic rings. The SMILES string of the molecule is Cc1nc(C(=O)NCCCN(C)C2CCCCC2)n[nH]1. The predicted molar refractivity (Wildman–Crippen MR) is 77.6 cm³/mol. The predicted octanol–water partition coefficient (Wildman–Crippen LogP) is 1.50. The number of hydrogen-bond donors (Lipinski definition) is 2. The molecule has 0 aliphatic heterocycles. The van der Waals surface area contributed by atoms with Crippen LogP contribution >= 0.6 is 0 Å². The Balaban J connectivity index is 1.62. The molecule has 1 amide bonds. The molecule has 0 unspecified atom stereocenters. The molecule has 1 aliphatic rings. The zero-order chi connectivity index (χ0) is 14.4. The maximum absolute atomic E-state index is 11.7. The summed E-state index contributed by atoms with van der Waals surface area (Å²) in [6.45, 7) is 3.48. The molecule has 1 heterocycles. The molecule has 6 nitrogen and oxygen atoms in total. The second-order valence-corrected chi connectivity index (χ2v) is 5.63. The number of aromatic nitrogens is 3. The van der Waals surface area contributed by atoms with Crippen LogP contribution in [-0.4, -0.2) is 52.2 Å². The highest BCUT2D eigenvalue weighted by Gasteiger charge is 2.17. The zero-order valence-electron chi connectivity index (χ0n) is 12.5. The summed E-state index contributed by atoms with van der Waals surface area (Å²) in [5.74, 6) is 0.685. The molecule has 1 aliphatic carbocycles. The van der Waals surface area contributed by atoms with E-state index >= 15 is 0 Å². The number of aromatic amines is 1. The van der Waals surface area contributed by atoms with Crippen LogP contribution in [-0.2, 0) is 0 Å². The van der Waals surface area contributed by atoms with E-state index in [1.807, 2.05) is 0 Å². The maximum Gasteiger partial charge on any atom is 0.290 e. The molecule has 0 bridgehead atoms. The Kier molecular flexibility index (Phi) is 5.52. The molecule has 0 atom stereocenters. The number of carbonyl (C=O) groups is 1. The van der Waals surface area contributed by atoms with E-state index in [1.165, 1.54) is 32.1 Å². The van der Waals surface area contributed by atoms with Gasteiger partial charge in [-0.25, -0.2) is 4.98 Å². The van der Waals surface area contributed by atoms with E-state index in [4.69, 9.17) is 0 Å². The van der Waals surface area contributed by atoms with Gasteiger partial charge in [0.05, 0.1) is 0 Å². The van der Waals surface area contributed by atoms with Crippen LogP contribution in [0.2, 0.25) is 0 Å². The van der Waals surface area contributed by atoms with E-state index in [9.17, 15) is 4.79 Å². The number of nitrogens with one attached hydrogen (secondary N) is 2. The molecule has 0 aromatic carbocycles. The summed E-state index contributed by atoms with van der Waals surface area (Å²) in [6, 6.07) is 0.732. The molecular weight excluding hydrogens is 254 g/mol. The second-order valence-electron chi connectivity index (χ2n) is 5.63. The quantitative estimate of drug-likeness (QED) is 0.774. The molecule has 1 saturated carbocycles. The van der Waals surface area contributed by atoms with Crippen LogP contribution < -0.4 is 5.32 Å². The molecule has 0 radical (unpaired) electrons. The number of carbonyl (C=O) groups excluding carboxylic acids is 1. The number of nitrogens with zero attached hydrogens (tertiary/aromatic N) is 3. The lowest BCUT2D eigenvalue weighted by Crippen LogP contribution is -2.36. The van der Waals surface area contributed by atoms with Crippen molar-refractivity contribution < 1.29 is 4.79 Å². The molecule has 0 saturated heterocycles. The van der Waals surface area contributed by atoms with E-state index in [0.717, 1.165) is 19.0 Å². The highest BCUT2D eigenvalue weighted by atomic mass is 16.2. The summed E-state index contributed by atoms with van der Waals surface area (Å²) in [5.41, 5.74) is 0. The maximum atomic E-state index is 11.7. The Morgan fingerprint density at radius 2 is 2.15 bits per heavy atom. The summed E-state index contributed by atoms with van der Waals surface area (Å²) in [6.07, 6.45) is 7.70. The fraction of sp³-hybridized carbons (Fsp3) is 0.786. The van der Waals surface area contributed by atoms with Crippen molar-refractivity contribution in [3.05, 3.63) is 11.6 Å². The number of rotatable bonds is 6. The molecule has 2 rings (SSSR count). The van der Waals surface area contributed by atoms with Crippen molar-refractivity contribution >= 4 is 5.91 Å². The van der Waals surface area contributed by atoms with Gasteiger partial charge in [0.1, 0.15) is 5.82 Å². The third-order valence-electron chi connectivity index (χ3n) is 3.97. The van der Waals surface area contributed by atoms with Crippen molar-refractivity contribution in [2.24, 2.45) is 0 Å². The number of H-pyrrole nitrogens is 1. The molecule has 1 aromatic heterocycles. The normalized spacial score (nSPS) is 16.6. The average molecular weight is 279 g/mol. The van der Waals surface area contributed by atoms with Crippen molar-refractivity contribution in [2.75, 3.05) is 20.1 Å². The van der Waals surface area contributed by atoms with Gasteiger partial charge in [0.15, 0.2) is 0 Å². The fourth-order valence-corrected chi connectivity index (χ4v) is 2.76. The van der Waals surface area contributed by atoms with Crippen LogP contribution in [0.4, 0.5) is 0 Å². The molecule has 2 N–H and O–H groups in total. The third kappa shape index (κ3) is 4.30. The second kappa shape index (κ2) is 7.38. The Morgan fingerprint density at radius 1 is 1.40 bits per heavy atom. The zero-order valence-corrected chi connectivity index (χ0v) is 12.5. The molecule has 112 valence electrons. The van der Waals surface area contributed by atoms with E-state index in [0.29, 0.717) is 12.4 Å². The lowest BCUT2D eigenvalue weighted by Gasteiger charge is -2.31. The van der Waals surface area contributed by atoms with Gasteiger partial charge in [-0.3, -0.25) is 9.89 Å². The van der Waals surface area contributed by atoms with Gasteiger partial charge in [-0.15, -0.1) is 5.10 Å². The first-order chi connectivity index (χ1) is 9.66. The van der Waals surface area contributed by atoms with Gasteiger partial charge in [-0.1, -0.05) is 19.3 Å². The van der Waals surface area contributed by atoms with E-state index in [2.05, 4.69) is 32.4 Å². The molecule has 6 heteroatoms. The van der Waals surface area contributed by atoms with E-state index < -0.39 is 0 Å². The molecular formula is C14H25N5O. The van der Waals surface area contributed by atoms with Crippen molar-refractivity contribution in [2.45, 2.75) is 51.5 Å². The summed E-state index contributed by atoms with van der Waals surface area (Å²) in [4.78, 5) is 18.2. The topological polar surface area (TPSA) is 73.9 Å². The lowest BCUT2D eigenvalue weighted by atomic mass is 9.94. The largest absolute Gasteiger partial charge is 0.349 e. The van der Waals surface area contributed by atoms with Gasteiger partial charge in [0, 0.05) is 12.6 Å². The van der Waals surface area contributed by atoms with E-state index in [-0.39, 0.29) is 11.7 Å². The highest BCUT2D eigenvalue weighted by Crippen LogP contribution is 2.21.